The highest BCUT2D eigenvalue weighted by atomic mass is 79.9. The maximum Gasteiger partial charge on any atom is 0.261 e. The number of oxazole rings is 1. The molecular formula is C18H12BrN3O3. The van der Waals surface area contributed by atoms with Crippen molar-refractivity contribution in [2.75, 3.05) is 5.32 Å². The van der Waals surface area contributed by atoms with Gasteiger partial charge in [-0.1, -0.05) is 22.0 Å². The van der Waals surface area contributed by atoms with Gasteiger partial charge < -0.3 is 14.7 Å². The van der Waals surface area contributed by atoms with Crippen molar-refractivity contribution in [3.05, 3.63) is 68.7 Å². The van der Waals surface area contributed by atoms with Crippen LogP contribution in [0.15, 0.2) is 56.1 Å². The summed E-state index contributed by atoms with van der Waals surface area (Å²) in [5, 5.41) is 3.49. The summed E-state index contributed by atoms with van der Waals surface area (Å²) in [7, 11) is 0. The molecule has 0 aliphatic heterocycles. The summed E-state index contributed by atoms with van der Waals surface area (Å²) in [5.41, 5.74) is 1.83. The molecule has 1 amide bonds. The number of hydrogen-bond donors (Lipinski definition) is 2. The highest BCUT2D eigenvalue weighted by Gasteiger charge is 2.15. The molecule has 0 saturated heterocycles. The number of amides is 1. The summed E-state index contributed by atoms with van der Waals surface area (Å²) in [6.45, 7) is 1.73. The fourth-order valence-corrected chi connectivity index (χ4v) is 3.07. The lowest BCUT2D eigenvalue weighted by Crippen LogP contribution is -2.23. The summed E-state index contributed by atoms with van der Waals surface area (Å²) in [6.07, 6.45) is 0. The molecule has 0 fully saturated rings. The zero-order valence-corrected chi connectivity index (χ0v) is 14.7. The number of benzene rings is 2. The van der Waals surface area contributed by atoms with Crippen molar-refractivity contribution in [2.45, 2.75) is 6.92 Å². The van der Waals surface area contributed by atoms with E-state index in [-0.39, 0.29) is 5.56 Å². The van der Waals surface area contributed by atoms with Crippen molar-refractivity contribution >= 4 is 49.5 Å². The molecule has 0 radical (unpaired) electrons. The Bertz CT molecular complexity index is 1190. The van der Waals surface area contributed by atoms with E-state index in [1.165, 1.54) is 0 Å². The summed E-state index contributed by atoms with van der Waals surface area (Å²) in [5.74, 6) is -0.00483. The van der Waals surface area contributed by atoms with Gasteiger partial charge in [0.25, 0.3) is 11.5 Å². The van der Waals surface area contributed by atoms with Crippen LogP contribution in [0.3, 0.4) is 0 Å². The summed E-state index contributed by atoms with van der Waals surface area (Å²) >= 11 is 3.38. The van der Waals surface area contributed by atoms with Gasteiger partial charge in [-0.2, -0.15) is 0 Å². The molecule has 124 valence electrons. The van der Waals surface area contributed by atoms with Crippen molar-refractivity contribution in [2.24, 2.45) is 0 Å². The van der Waals surface area contributed by atoms with E-state index in [2.05, 4.69) is 31.2 Å². The largest absolute Gasteiger partial charge is 0.439 e. The molecule has 6 nitrogen and oxygen atoms in total. The Morgan fingerprint density at radius 3 is 2.92 bits per heavy atom. The average Bonchev–Trinajstić information content (AvgIpc) is 2.96. The van der Waals surface area contributed by atoms with Gasteiger partial charge in [0, 0.05) is 22.3 Å². The number of hydrogen-bond acceptors (Lipinski definition) is 4. The molecule has 2 aromatic heterocycles. The third-order valence-corrected chi connectivity index (χ3v) is 4.31. The monoisotopic (exact) mass is 397 g/mol. The lowest BCUT2D eigenvalue weighted by atomic mass is 10.1. The third kappa shape index (κ3) is 2.83. The molecule has 2 aromatic carbocycles. The van der Waals surface area contributed by atoms with E-state index >= 15 is 0 Å². The zero-order chi connectivity index (χ0) is 17.6. The van der Waals surface area contributed by atoms with Crippen LogP contribution in [0, 0.1) is 6.92 Å². The number of H-pyrrole nitrogens is 1. The van der Waals surface area contributed by atoms with E-state index < -0.39 is 11.5 Å². The van der Waals surface area contributed by atoms with E-state index in [0.717, 1.165) is 9.86 Å². The Morgan fingerprint density at radius 2 is 2.08 bits per heavy atom. The van der Waals surface area contributed by atoms with Crippen LogP contribution in [-0.4, -0.2) is 15.9 Å². The molecule has 0 saturated carbocycles. The van der Waals surface area contributed by atoms with Crippen LogP contribution in [0.25, 0.3) is 22.0 Å². The standard InChI is InChI=1S/C18H12BrN3O3/c1-9-20-14-3-2-4-15(16(14)25-9)22-18(24)12-8-10-7-11(19)5-6-13(10)21-17(12)23/h2-8H,1H3,(H,21,23)(H,22,24). The number of carbonyl (C=O) groups excluding carboxylic acids is 1. The molecule has 0 spiro atoms. The topological polar surface area (TPSA) is 88.0 Å². The van der Waals surface area contributed by atoms with E-state index in [9.17, 15) is 9.59 Å². The van der Waals surface area contributed by atoms with Crippen LogP contribution in [0.2, 0.25) is 0 Å². The molecule has 2 N–H and O–H groups in total. The number of aryl methyl sites for hydroxylation is 1. The first-order chi connectivity index (χ1) is 12.0. The number of anilines is 1. The Morgan fingerprint density at radius 1 is 1.24 bits per heavy atom. The summed E-state index contributed by atoms with van der Waals surface area (Å²) < 4.78 is 6.40. The normalized spacial score (nSPS) is 11.1. The van der Waals surface area contributed by atoms with Crippen molar-refractivity contribution < 1.29 is 9.21 Å². The maximum absolute atomic E-state index is 12.6. The molecule has 0 bridgehead atoms. The number of para-hydroxylation sites is 1. The quantitative estimate of drug-likeness (QED) is 0.535. The van der Waals surface area contributed by atoms with Gasteiger partial charge >= 0.3 is 0 Å². The smallest absolute Gasteiger partial charge is 0.261 e. The second kappa shape index (κ2) is 5.86. The first-order valence-corrected chi connectivity index (χ1v) is 8.31. The predicted octanol–water partition coefficient (Wildman–Crippen LogP) is 3.99. The minimum atomic E-state index is -0.510. The Balaban J connectivity index is 1.76. The molecule has 7 heteroatoms. The number of pyridine rings is 1. The number of rotatable bonds is 2. The van der Waals surface area contributed by atoms with Gasteiger partial charge in [-0.15, -0.1) is 0 Å². The van der Waals surface area contributed by atoms with Crippen LogP contribution in [-0.2, 0) is 0 Å². The van der Waals surface area contributed by atoms with Crippen LogP contribution in [0.1, 0.15) is 16.2 Å². The van der Waals surface area contributed by atoms with E-state index in [4.69, 9.17) is 4.42 Å². The lowest BCUT2D eigenvalue weighted by Gasteiger charge is -2.06. The number of nitrogens with zero attached hydrogens (tertiary/aromatic N) is 1. The van der Waals surface area contributed by atoms with E-state index in [0.29, 0.717) is 28.2 Å². The molecule has 0 aliphatic rings. The van der Waals surface area contributed by atoms with Gasteiger partial charge in [0.2, 0.25) is 0 Å². The summed E-state index contributed by atoms with van der Waals surface area (Å²) in [4.78, 5) is 31.8. The fraction of sp³-hybridized carbons (Fsp3) is 0.0556. The highest BCUT2D eigenvalue weighted by molar-refractivity contribution is 9.10. The molecule has 25 heavy (non-hydrogen) atoms. The van der Waals surface area contributed by atoms with Gasteiger partial charge in [0.1, 0.15) is 11.1 Å². The van der Waals surface area contributed by atoms with Gasteiger partial charge in [0.05, 0.1) is 5.69 Å². The number of halogens is 1. The van der Waals surface area contributed by atoms with Gasteiger partial charge in [-0.05, 0) is 36.4 Å². The van der Waals surface area contributed by atoms with E-state index in [1.54, 1.807) is 37.3 Å². The molecule has 2 heterocycles. The molecular weight excluding hydrogens is 386 g/mol. The molecule has 0 aliphatic carbocycles. The average molecular weight is 398 g/mol. The lowest BCUT2D eigenvalue weighted by molar-refractivity contribution is 0.102. The SMILES string of the molecule is Cc1nc2cccc(NC(=O)c3cc4cc(Br)ccc4[nH]c3=O)c2o1. The van der Waals surface area contributed by atoms with Crippen molar-refractivity contribution in [3.63, 3.8) is 0 Å². The van der Waals surface area contributed by atoms with Gasteiger partial charge in [0.15, 0.2) is 11.5 Å². The highest BCUT2D eigenvalue weighted by Crippen LogP contribution is 2.24. The van der Waals surface area contributed by atoms with Crippen LogP contribution < -0.4 is 10.9 Å². The molecule has 4 aromatic rings. The number of aromatic nitrogens is 2. The molecule has 4 rings (SSSR count). The number of fused-ring (bicyclic) bond motifs is 2. The Hall–Kier alpha value is -2.93. The van der Waals surface area contributed by atoms with E-state index in [1.807, 2.05) is 12.1 Å². The van der Waals surface area contributed by atoms with Crippen LogP contribution in [0.5, 0.6) is 0 Å². The minimum Gasteiger partial charge on any atom is -0.439 e. The predicted molar refractivity (Wildman–Crippen MR) is 99.0 cm³/mol. The second-order valence-electron chi connectivity index (χ2n) is 5.58. The van der Waals surface area contributed by atoms with Crippen molar-refractivity contribution in [1.82, 2.24) is 9.97 Å². The number of nitrogens with one attached hydrogen (secondary N) is 2. The van der Waals surface area contributed by atoms with Crippen molar-refractivity contribution in [1.29, 1.82) is 0 Å². The first-order valence-electron chi connectivity index (χ1n) is 7.51. The second-order valence-corrected chi connectivity index (χ2v) is 6.50. The first kappa shape index (κ1) is 15.6. The molecule has 0 unspecified atom stereocenters. The zero-order valence-electron chi connectivity index (χ0n) is 13.1. The number of aromatic amines is 1. The molecule has 0 atom stereocenters. The number of carbonyl (C=O) groups is 1. The third-order valence-electron chi connectivity index (χ3n) is 3.82. The van der Waals surface area contributed by atoms with Crippen LogP contribution >= 0.6 is 15.9 Å². The minimum absolute atomic E-state index is 0.0267. The maximum atomic E-state index is 12.6. The van der Waals surface area contributed by atoms with Crippen LogP contribution in [0.4, 0.5) is 5.69 Å². The van der Waals surface area contributed by atoms with Crippen molar-refractivity contribution in [3.8, 4) is 0 Å². The summed E-state index contributed by atoms with van der Waals surface area (Å²) in [6, 6.07) is 12.3. The van der Waals surface area contributed by atoms with Gasteiger partial charge in [-0.25, -0.2) is 4.98 Å². The Labute approximate surface area is 150 Å². The Kier molecular flexibility index (Phi) is 3.65. The van der Waals surface area contributed by atoms with Gasteiger partial charge in [-0.3, -0.25) is 9.59 Å². The fourth-order valence-electron chi connectivity index (χ4n) is 2.69.